The van der Waals surface area contributed by atoms with Gasteiger partial charge in [0.1, 0.15) is 0 Å². The van der Waals surface area contributed by atoms with E-state index in [0.29, 0.717) is 0 Å². The molecule has 0 radical (unpaired) electrons. The van der Waals surface area contributed by atoms with Crippen LogP contribution in [0.4, 0.5) is 0 Å². The van der Waals surface area contributed by atoms with Gasteiger partial charge in [-0.3, -0.25) is 0 Å². The number of aryl methyl sites for hydroxylation is 2. The lowest BCUT2D eigenvalue weighted by Gasteiger charge is -2.16. The van der Waals surface area contributed by atoms with E-state index in [9.17, 15) is 0 Å². The van der Waals surface area contributed by atoms with Gasteiger partial charge >= 0.3 is 0 Å². The molecule has 0 saturated heterocycles. The van der Waals surface area contributed by atoms with Gasteiger partial charge in [-0.1, -0.05) is 37.0 Å². The van der Waals surface area contributed by atoms with Crippen LogP contribution >= 0.6 is 11.3 Å². The van der Waals surface area contributed by atoms with Gasteiger partial charge in [0, 0.05) is 9.58 Å². The summed E-state index contributed by atoms with van der Waals surface area (Å²) in [7, 11) is -1.15. The number of benzene rings is 1. The lowest BCUT2D eigenvalue weighted by molar-refractivity contribution is 1.47. The zero-order valence-electron chi connectivity index (χ0n) is 10.1. The van der Waals surface area contributed by atoms with Crippen molar-refractivity contribution in [3.05, 3.63) is 28.6 Å². The summed E-state index contributed by atoms with van der Waals surface area (Å²) in [6.07, 6.45) is 0. The molecule has 0 aliphatic heterocycles. The molecule has 0 aliphatic carbocycles. The Morgan fingerprint density at radius 1 is 1.07 bits per heavy atom. The summed E-state index contributed by atoms with van der Waals surface area (Å²) < 4.78 is 1.46. The zero-order valence-corrected chi connectivity index (χ0v) is 12.0. The number of thiophene rings is 1. The van der Waals surface area contributed by atoms with Crippen LogP contribution in [-0.2, 0) is 0 Å². The van der Waals surface area contributed by atoms with E-state index >= 15 is 0 Å². The minimum absolute atomic E-state index is 1.15. The Morgan fingerprint density at radius 2 is 1.73 bits per heavy atom. The van der Waals surface area contributed by atoms with Gasteiger partial charge < -0.3 is 0 Å². The fraction of sp³-hybridized carbons (Fsp3) is 0.385. The molecule has 0 spiro atoms. The van der Waals surface area contributed by atoms with Gasteiger partial charge in [0.05, 0.1) is 8.07 Å². The number of hydrogen-bond donors (Lipinski definition) is 0. The molecule has 15 heavy (non-hydrogen) atoms. The van der Waals surface area contributed by atoms with E-state index in [2.05, 4.69) is 51.7 Å². The third kappa shape index (κ3) is 1.88. The Morgan fingerprint density at radius 3 is 2.33 bits per heavy atom. The standard InChI is InChI=1S/C13H18SSi/c1-9-10(2)14-13-8-11(15(3,4)5)6-7-12(9)13/h6-8H,1-5H3. The molecule has 0 aliphatic rings. The van der Waals surface area contributed by atoms with Crippen molar-refractivity contribution in [3.8, 4) is 0 Å². The fourth-order valence-corrected chi connectivity index (χ4v) is 4.19. The monoisotopic (exact) mass is 234 g/mol. The highest BCUT2D eigenvalue weighted by Crippen LogP contribution is 2.29. The molecule has 0 N–H and O–H groups in total. The molecule has 1 heterocycles. The van der Waals surface area contributed by atoms with Crippen molar-refractivity contribution in [1.29, 1.82) is 0 Å². The maximum Gasteiger partial charge on any atom is 0.0776 e. The van der Waals surface area contributed by atoms with E-state index in [0.717, 1.165) is 0 Å². The van der Waals surface area contributed by atoms with Crippen LogP contribution in [0.1, 0.15) is 10.4 Å². The van der Waals surface area contributed by atoms with Crippen LogP contribution in [0.3, 0.4) is 0 Å². The molecule has 1 aromatic carbocycles. The van der Waals surface area contributed by atoms with Gasteiger partial charge in [-0.25, -0.2) is 0 Å². The second-order valence-electron chi connectivity index (χ2n) is 5.24. The summed E-state index contributed by atoms with van der Waals surface area (Å²) in [5, 5.41) is 3.01. The van der Waals surface area contributed by atoms with Crippen molar-refractivity contribution in [1.82, 2.24) is 0 Å². The molecule has 2 heteroatoms. The first kappa shape index (κ1) is 10.9. The molecule has 0 fully saturated rings. The molecule has 2 rings (SSSR count). The highest BCUT2D eigenvalue weighted by molar-refractivity contribution is 7.19. The van der Waals surface area contributed by atoms with E-state index in [4.69, 9.17) is 0 Å². The number of hydrogen-bond acceptors (Lipinski definition) is 1. The largest absolute Gasteiger partial charge is 0.140 e. The third-order valence-electron chi connectivity index (χ3n) is 3.04. The first-order chi connectivity index (χ1) is 6.89. The Labute approximate surface area is 97.0 Å². The highest BCUT2D eigenvalue weighted by Gasteiger charge is 2.17. The molecule has 0 bridgehead atoms. The normalized spacial score (nSPS) is 12.3. The minimum atomic E-state index is -1.15. The molecule has 2 aromatic rings. The van der Waals surface area contributed by atoms with E-state index < -0.39 is 8.07 Å². The average molecular weight is 234 g/mol. The smallest absolute Gasteiger partial charge is 0.0776 e. The van der Waals surface area contributed by atoms with Gasteiger partial charge in [-0.05, 0) is 30.9 Å². The molecular formula is C13H18SSi. The van der Waals surface area contributed by atoms with Crippen LogP contribution in [0.15, 0.2) is 18.2 Å². The Bertz CT molecular complexity index is 503. The van der Waals surface area contributed by atoms with Gasteiger partial charge in [-0.15, -0.1) is 11.3 Å². The van der Waals surface area contributed by atoms with Crippen molar-refractivity contribution >= 4 is 34.7 Å². The van der Waals surface area contributed by atoms with E-state index in [1.165, 1.54) is 20.5 Å². The van der Waals surface area contributed by atoms with Crippen molar-refractivity contribution in [3.63, 3.8) is 0 Å². The minimum Gasteiger partial charge on any atom is -0.140 e. The van der Waals surface area contributed by atoms with Gasteiger partial charge in [0.25, 0.3) is 0 Å². The molecule has 80 valence electrons. The van der Waals surface area contributed by atoms with Crippen LogP contribution < -0.4 is 5.19 Å². The first-order valence-electron chi connectivity index (χ1n) is 5.40. The van der Waals surface area contributed by atoms with Crippen molar-refractivity contribution in [2.75, 3.05) is 0 Å². The topological polar surface area (TPSA) is 0 Å². The van der Waals surface area contributed by atoms with Crippen LogP contribution in [0.5, 0.6) is 0 Å². The summed E-state index contributed by atoms with van der Waals surface area (Å²) in [4.78, 5) is 1.46. The van der Waals surface area contributed by atoms with Crippen molar-refractivity contribution in [2.45, 2.75) is 33.5 Å². The van der Waals surface area contributed by atoms with Crippen LogP contribution in [-0.4, -0.2) is 8.07 Å². The SMILES string of the molecule is Cc1sc2cc([Si](C)(C)C)ccc2c1C. The summed E-state index contributed by atoms with van der Waals surface area (Å²) in [6.45, 7) is 11.7. The van der Waals surface area contributed by atoms with E-state index in [1.807, 2.05) is 11.3 Å². The van der Waals surface area contributed by atoms with Crippen molar-refractivity contribution in [2.24, 2.45) is 0 Å². The van der Waals surface area contributed by atoms with Crippen LogP contribution in [0.2, 0.25) is 19.6 Å². The quantitative estimate of drug-likeness (QED) is 0.653. The van der Waals surface area contributed by atoms with Gasteiger partial charge in [0.2, 0.25) is 0 Å². The summed E-state index contributed by atoms with van der Waals surface area (Å²) in [6, 6.07) is 7.04. The third-order valence-corrected chi connectivity index (χ3v) is 6.26. The van der Waals surface area contributed by atoms with Crippen LogP contribution in [0, 0.1) is 13.8 Å². The van der Waals surface area contributed by atoms with Crippen molar-refractivity contribution < 1.29 is 0 Å². The van der Waals surface area contributed by atoms with Crippen LogP contribution in [0.25, 0.3) is 10.1 Å². The summed E-state index contributed by atoms with van der Waals surface area (Å²) >= 11 is 1.93. The lowest BCUT2D eigenvalue weighted by Crippen LogP contribution is -2.37. The van der Waals surface area contributed by atoms with E-state index in [1.54, 1.807) is 5.19 Å². The molecule has 0 unspecified atom stereocenters. The molecule has 0 atom stereocenters. The second-order valence-corrected chi connectivity index (χ2v) is 11.6. The first-order valence-corrected chi connectivity index (χ1v) is 9.71. The number of fused-ring (bicyclic) bond motifs is 1. The predicted molar refractivity (Wildman–Crippen MR) is 74.3 cm³/mol. The Kier molecular flexibility index (Phi) is 2.51. The molecule has 0 saturated carbocycles. The predicted octanol–water partition coefficient (Wildman–Crippen LogP) is 4.06. The molecular weight excluding hydrogens is 216 g/mol. The summed E-state index contributed by atoms with van der Waals surface area (Å²) in [5.74, 6) is 0. The molecule has 1 aromatic heterocycles. The lowest BCUT2D eigenvalue weighted by atomic mass is 10.1. The fourth-order valence-electron chi connectivity index (χ4n) is 1.81. The molecule has 0 nitrogen and oxygen atoms in total. The maximum atomic E-state index is 2.41. The highest BCUT2D eigenvalue weighted by atomic mass is 32.1. The summed E-state index contributed by atoms with van der Waals surface area (Å²) in [5.41, 5.74) is 1.46. The van der Waals surface area contributed by atoms with Gasteiger partial charge in [-0.2, -0.15) is 0 Å². The second kappa shape index (κ2) is 3.46. The average Bonchev–Trinajstić information content (AvgIpc) is 2.41. The Balaban J connectivity index is 2.67. The van der Waals surface area contributed by atoms with Gasteiger partial charge in [0.15, 0.2) is 0 Å². The number of rotatable bonds is 1. The zero-order chi connectivity index (χ0) is 11.2. The Hall–Kier alpha value is -0.603. The molecule has 0 amide bonds. The maximum absolute atomic E-state index is 2.41. The van der Waals surface area contributed by atoms with E-state index in [-0.39, 0.29) is 0 Å².